The summed E-state index contributed by atoms with van der Waals surface area (Å²) in [6.07, 6.45) is 1.44. The summed E-state index contributed by atoms with van der Waals surface area (Å²) in [5, 5.41) is 20.1. The molecule has 0 saturated heterocycles. The summed E-state index contributed by atoms with van der Waals surface area (Å²) >= 11 is 5.06. The largest absolute Gasteiger partial charge is 0.477 e. The molecule has 20 heavy (non-hydrogen) atoms. The monoisotopic (exact) mass is 375 g/mol. The highest BCUT2D eigenvalue weighted by atomic mass is 79.9. The van der Waals surface area contributed by atoms with E-state index in [1.807, 2.05) is 0 Å². The Balaban J connectivity index is 2.37. The second kappa shape index (κ2) is 5.85. The molecule has 0 bridgehead atoms. The van der Waals surface area contributed by atoms with Crippen LogP contribution in [-0.2, 0) is 0 Å². The van der Waals surface area contributed by atoms with Gasteiger partial charge < -0.3 is 5.11 Å². The maximum absolute atomic E-state index is 11.0. The van der Waals surface area contributed by atoms with E-state index in [2.05, 4.69) is 25.9 Å². The number of carboxylic acids is 1. The molecule has 104 valence electrons. The highest BCUT2D eigenvalue weighted by molar-refractivity contribution is 9.10. The van der Waals surface area contributed by atoms with Crippen LogP contribution in [0.4, 0.5) is 5.69 Å². The van der Waals surface area contributed by atoms with Crippen molar-refractivity contribution in [3.63, 3.8) is 0 Å². The number of hydrogen-bond donors (Lipinski definition) is 1. The van der Waals surface area contributed by atoms with Crippen LogP contribution in [0.5, 0.6) is 0 Å². The van der Waals surface area contributed by atoms with Crippen LogP contribution in [0, 0.1) is 17.0 Å². The van der Waals surface area contributed by atoms with Crippen LogP contribution in [0.3, 0.4) is 0 Å². The zero-order valence-corrected chi connectivity index (χ0v) is 13.1. The Labute approximate surface area is 129 Å². The standard InChI is InChI=1S/C10H6BrN3O4S2/c1-4-7(9(15)16)19-10(13-4)20-8-6(14(17)18)2-5(11)3-12-8/h2-3H,1H3,(H,15,16). The lowest BCUT2D eigenvalue weighted by molar-refractivity contribution is -0.388. The average Bonchev–Trinajstić information content (AvgIpc) is 2.72. The number of carbonyl (C=O) groups is 1. The minimum absolute atomic E-state index is 0.118. The molecule has 10 heteroatoms. The summed E-state index contributed by atoms with van der Waals surface area (Å²) in [5.41, 5.74) is 0.221. The maximum atomic E-state index is 11.0. The summed E-state index contributed by atoms with van der Waals surface area (Å²) in [6.45, 7) is 1.58. The first kappa shape index (κ1) is 14.9. The number of halogens is 1. The molecule has 2 heterocycles. The lowest BCUT2D eigenvalue weighted by atomic mass is 10.4. The Bertz CT molecular complexity index is 704. The molecule has 0 saturated carbocycles. The quantitative estimate of drug-likeness (QED) is 0.644. The number of aryl methyl sites for hydroxylation is 1. The number of aromatic nitrogens is 2. The minimum atomic E-state index is -1.06. The van der Waals surface area contributed by atoms with E-state index in [9.17, 15) is 14.9 Å². The Morgan fingerprint density at radius 2 is 2.30 bits per heavy atom. The second-order valence-corrected chi connectivity index (χ2v) is 6.69. The fourth-order valence-electron chi connectivity index (χ4n) is 1.32. The summed E-state index contributed by atoms with van der Waals surface area (Å²) in [7, 11) is 0. The molecule has 0 aliphatic carbocycles. The predicted octanol–water partition coefficient (Wildman–Crippen LogP) is 3.37. The first-order valence-corrected chi connectivity index (χ1v) is 7.49. The molecule has 7 nitrogen and oxygen atoms in total. The molecule has 0 aliphatic rings. The first-order chi connectivity index (χ1) is 9.38. The van der Waals surface area contributed by atoms with Crippen LogP contribution in [0.25, 0.3) is 0 Å². The molecule has 0 spiro atoms. The van der Waals surface area contributed by atoms with Crippen molar-refractivity contribution in [2.24, 2.45) is 0 Å². The molecule has 2 aromatic heterocycles. The lowest BCUT2D eigenvalue weighted by Gasteiger charge is -1.99. The molecule has 2 aromatic rings. The maximum Gasteiger partial charge on any atom is 0.347 e. The molecular formula is C10H6BrN3O4S2. The van der Waals surface area contributed by atoms with Crippen LogP contribution in [0.1, 0.15) is 15.4 Å². The Morgan fingerprint density at radius 1 is 1.60 bits per heavy atom. The number of nitrogens with zero attached hydrogens (tertiary/aromatic N) is 3. The number of pyridine rings is 1. The number of thiazole rings is 1. The van der Waals surface area contributed by atoms with Crippen LogP contribution in [-0.4, -0.2) is 26.0 Å². The number of carboxylic acid groups (broad SMARTS) is 1. The van der Waals surface area contributed by atoms with Gasteiger partial charge in [0.25, 0.3) is 0 Å². The summed E-state index contributed by atoms with van der Waals surface area (Å²) in [5.74, 6) is -1.06. The first-order valence-electron chi connectivity index (χ1n) is 5.07. The SMILES string of the molecule is Cc1nc(Sc2ncc(Br)cc2[N+](=O)[O-])sc1C(=O)O. The van der Waals surface area contributed by atoms with Gasteiger partial charge in [-0.3, -0.25) is 10.1 Å². The smallest absolute Gasteiger partial charge is 0.347 e. The third kappa shape index (κ3) is 3.14. The van der Waals surface area contributed by atoms with Gasteiger partial charge in [0.1, 0.15) is 4.88 Å². The van der Waals surface area contributed by atoms with Crippen molar-refractivity contribution in [1.29, 1.82) is 0 Å². The van der Waals surface area contributed by atoms with Crippen molar-refractivity contribution in [2.75, 3.05) is 0 Å². The van der Waals surface area contributed by atoms with E-state index in [0.29, 0.717) is 14.5 Å². The van der Waals surface area contributed by atoms with E-state index in [4.69, 9.17) is 5.11 Å². The van der Waals surface area contributed by atoms with Gasteiger partial charge in [0.05, 0.1) is 10.6 Å². The number of rotatable bonds is 4. The minimum Gasteiger partial charge on any atom is -0.477 e. The Morgan fingerprint density at radius 3 is 2.85 bits per heavy atom. The van der Waals surface area contributed by atoms with Gasteiger partial charge in [-0.25, -0.2) is 14.8 Å². The van der Waals surface area contributed by atoms with Crippen molar-refractivity contribution in [2.45, 2.75) is 16.3 Å². The van der Waals surface area contributed by atoms with Gasteiger partial charge in [0, 0.05) is 16.7 Å². The van der Waals surface area contributed by atoms with Crippen molar-refractivity contribution < 1.29 is 14.8 Å². The molecule has 0 fully saturated rings. The summed E-state index contributed by atoms with van der Waals surface area (Å²) in [6, 6.07) is 1.34. The van der Waals surface area contributed by atoms with Crippen LogP contribution >= 0.6 is 39.0 Å². The van der Waals surface area contributed by atoms with E-state index in [1.54, 1.807) is 6.92 Å². The summed E-state index contributed by atoms with van der Waals surface area (Å²) < 4.78 is 0.896. The highest BCUT2D eigenvalue weighted by Gasteiger charge is 2.21. The van der Waals surface area contributed by atoms with Crippen LogP contribution in [0.2, 0.25) is 0 Å². The number of hydrogen-bond acceptors (Lipinski definition) is 7. The van der Waals surface area contributed by atoms with E-state index in [1.165, 1.54) is 12.3 Å². The van der Waals surface area contributed by atoms with Gasteiger partial charge in [-0.05, 0) is 34.6 Å². The third-order valence-electron chi connectivity index (χ3n) is 2.15. The fraction of sp³-hybridized carbons (Fsp3) is 0.100. The molecular weight excluding hydrogens is 370 g/mol. The van der Waals surface area contributed by atoms with Gasteiger partial charge in [-0.15, -0.1) is 0 Å². The van der Waals surface area contributed by atoms with E-state index >= 15 is 0 Å². The molecule has 0 amide bonds. The van der Waals surface area contributed by atoms with E-state index < -0.39 is 10.9 Å². The molecule has 1 N–H and O–H groups in total. The number of nitro groups is 1. The second-order valence-electron chi connectivity index (χ2n) is 3.54. The molecule has 0 aromatic carbocycles. The molecule has 0 unspecified atom stereocenters. The van der Waals surface area contributed by atoms with Crippen LogP contribution < -0.4 is 0 Å². The molecule has 0 radical (unpaired) electrons. The highest BCUT2D eigenvalue weighted by Crippen LogP contribution is 2.37. The average molecular weight is 376 g/mol. The normalized spacial score (nSPS) is 10.5. The van der Waals surface area contributed by atoms with Gasteiger partial charge in [0.15, 0.2) is 9.37 Å². The van der Waals surface area contributed by atoms with E-state index in [-0.39, 0.29) is 15.6 Å². The van der Waals surface area contributed by atoms with Crippen molar-refractivity contribution >= 4 is 50.7 Å². The lowest BCUT2D eigenvalue weighted by Crippen LogP contribution is -1.94. The molecule has 0 aliphatic heterocycles. The number of aromatic carboxylic acids is 1. The van der Waals surface area contributed by atoms with Gasteiger partial charge in [-0.1, -0.05) is 11.3 Å². The van der Waals surface area contributed by atoms with Gasteiger partial charge in [-0.2, -0.15) is 0 Å². The van der Waals surface area contributed by atoms with Crippen molar-refractivity contribution in [3.8, 4) is 0 Å². The molecule has 2 rings (SSSR count). The Hall–Kier alpha value is -1.52. The molecule has 0 atom stereocenters. The zero-order chi connectivity index (χ0) is 14.9. The zero-order valence-electron chi connectivity index (χ0n) is 9.86. The van der Waals surface area contributed by atoms with E-state index in [0.717, 1.165) is 23.1 Å². The fourth-order valence-corrected chi connectivity index (χ4v) is 3.62. The van der Waals surface area contributed by atoms with Crippen LogP contribution in [0.15, 0.2) is 26.1 Å². The van der Waals surface area contributed by atoms with Crippen molar-refractivity contribution in [3.05, 3.63) is 37.4 Å². The predicted molar refractivity (Wildman–Crippen MR) is 76.5 cm³/mol. The summed E-state index contributed by atoms with van der Waals surface area (Å²) in [4.78, 5) is 29.5. The van der Waals surface area contributed by atoms with Crippen molar-refractivity contribution in [1.82, 2.24) is 9.97 Å². The topological polar surface area (TPSA) is 106 Å². The Kier molecular flexibility index (Phi) is 4.35. The van der Waals surface area contributed by atoms with Gasteiger partial charge in [0.2, 0.25) is 0 Å². The van der Waals surface area contributed by atoms with Gasteiger partial charge >= 0.3 is 11.7 Å². The third-order valence-corrected chi connectivity index (χ3v) is 4.80.